The summed E-state index contributed by atoms with van der Waals surface area (Å²) in [6.07, 6.45) is 0. The first kappa shape index (κ1) is 20.7. The Kier molecular flexibility index (Phi) is 6.56. The van der Waals surface area contributed by atoms with Crippen molar-refractivity contribution < 1.29 is 9.47 Å². The molecule has 30 heavy (non-hydrogen) atoms. The number of thioether (sulfide) groups is 1. The lowest BCUT2D eigenvalue weighted by molar-refractivity contribution is 0.290. The highest BCUT2D eigenvalue weighted by Gasteiger charge is 2.13. The van der Waals surface area contributed by atoms with E-state index in [1.54, 1.807) is 36.3 Å². The molecule has 0 radical (unpaired) electrons. The number of hydrogen-bond acceptors (Lipinski definition) is 7. The van der Waals surface area contributed by atoms with Crippen molar-refractivity contribution in [2.75, 3.05) is 7.11 Å². The number of para-hydroxylation sites is 2. The van der Waals surface area contributed by atoms with Crippen LogP contribution in [0.5, 0.6) is 11.5 Å². The molecule has 0 bridgehead atoms. The summed E-state index contributed by atoms with van der Waals surface area (Å²) in [5.74, 6) is 2.87. The van der Waals surface area contributed by atoms with Gasteiger partial charge in [-0.3, -0.25) is 0 Å². The number of ether oxygens (including phenoxy) is 2. The Balaban J connectivity index is 1.39. The Morgan fingerprint density at radius 3 is 2.63 bits per heavy atom. The van der Waals surface area contributed by atoms with Crippen LogP contribution in [-0.2, 0) is 19.4 Å². The van der Waals surface area contributed by atoms with Gasteiger partial charge in [-0.2, -0.15) is 0 Å². The molecule has 2 aromatic carbocycles. The maximum absolute atomic E-state index is 6.13. The molecule has 0 aliphatic heterocycles. The van der Waals surface area contributed by atoms with Gasteiger partial charge in [-0.25, -0.2) is 4.98 Å². The third kappa shape index (κ3) is 4.61. The number of halogens is 1. The first-order valence-corrected chi connectivity index (χ1v) is 11.4. The van der Waals surface area contributed by atoms with Crippen molar-refractivity contribution in [1.29, 1.82) is 0 Å². The van der Waals surface area contributed by atoms with E-state index < -0.39 is 0 Å². The zero-order valence-electron chi connectivity index (χ0n) is 16.4. The van der Waals surface area contributed by atoms with Gasteiger partial charge in [0.2, 0.25) is 0 Å². The fourth-order valence-electron chi connectivity index (χ4n) is 2.76. The van der Waals surface area contributed by atoms with E-state index >= 15 is 0 Å². The lowest BCUT2D eigenvalue weighted by atomic mass is 10.2. The van der Waals surface area contributed by atoms with Crippen molar-refractivity contribution in [3.8, 4) is 22.1 Å². The van der Waals surface area contributed by atoms with Crippen molar-refractivity contribution in [3.05, 3.63) is 70.5 Å². The lowest BCUT2D eigenvalue weighted by Gasteiger charge is -2.07. The van der Waals surface area contributed by atoms with Crippen LogP contribution in [0.2, 0.25) is 5.02 Å². The molecule has 154 valence electrons. The normalized spacial score (nSPS) is 10.9. The van der Waals surface area contributed by atoms with Gasteiger partial charge in [-0.1, -0.05) is 47.6 Å². The molecule has 4 rings (SSSR count). The number of methoxy groups -OCH3 is 1. The van der Waals surface area contributed by atoms with Gasteiger partial charge in [0.1, 0.15) is 23.1 Å². The van der Waals surface area contributed by atoms with Crippen molar-refractivity contribution in [1.82, 2.24) is 19.7 Å². The maximum atomic E-state index is 6.13. The van der Waals surface area contributed by atoms with Crippen LogP contribution in [0.3, 0.4) is 0 Å². The van der Waals surface area contributed by atoms with E-state index in [1.807, 2.05) is 54.1 Å². The van der Waals surface area contributed by atoms with Gasteiger partial charge >= 0.3 is 0 Å². The van der Waals surface area contributed by atoms with Gasteiger partial charge in [-0.05, 0) is 24.3 Å². The summed E-state index contributed by atoms with van der Waals surface area (Å²) in [7, 11) is 3.60. The zero-order chi connectivity index (χ0) is 20.9. The second-order valence-corrected chi connectivity index (χ2v) is 8.52. The monoisotopic (exact) mass is 458 g/mol. The summed E-state index contributed by atoms with van der Waals surface area (Å²) >= 11 is 9.32. The standard InChI is InChI=1S/C21H19ClN4O2S2/c1-26-19(11-28-18-10-6-4-8-16(18)22)24-25-21(26)30-13-14-12-29-20(23-14)15-7-3-5-9-17(15)27-2/h3-10,12H,11,13H2,1-2H3. The van der Waals surface area contributed by atoms with E-state index in [1.165, 1.54) is 0 Å². The number of nitrogens with zero attached hydrogens (tertiary/aromatic N) is 4. The van der Waals surface area contributed by atoms with Crippen molar-refractivity contribution in [2.24, 2.45) is 7.05 Å². The maximum Gasteiger partial charge on any atom is 0.191 e. The number of aromatic nitrogens is 4. The van der Waals surface area contributed by atoms with Crippen LogP contribution in [0.4, 0.5) is 0 Å². The Morgan fingerprint density at radius 1 is 1.07 bits per heavy atom. The second-order valence-electron chi connectivity index (χ2n) is 6.31. The van der Waals surface area contributed by atoms with Crippen LogP contribution < -0.4 is 9.47 Å². The first-order chi connectivity index (χ1) is 14.7. The van der Waals surface area contributed by atoms with Crippen LogP contribution in [0, 0.1) is 0 Å². The minimum Gasteiger partial charge on any atom is -0.496 e. The van der Waals surface area contributed by atoms with Gasteiger partial charge in [0.05, 0.1) is 23.4 Å². The van der Waals surface area contributed by atoms with Crippen molar-refractivity contribution in [2.45, 2.75) is 17.5 Å². The topological polar surface area (TPSA) is 62.1 Å². The van der Waals surface area contributed by atoms with Crippen molar-refractivity contribution in [3.63, 3.8) is 0 Å². The fraction of sp³-hybridized carbons (Fsp3) is 0.190. The van der Waals surface area contributed by atoms with E-state index in [0.717, 1.165) is 33.0 Å². The number of thiazole rings is 1. The molecule has 0 spiro atoms. The largest absolute Gasteiger partial charge is 0.496 e. The van der Waals surface area contributed by atoms with E-state index in [0.29, 0.717) is 23.1 Å². The summed E-state index contributed by atoms with van der Waals surface area (Å²) in [4.78, 5) is 4.75. The van der Waals surface area contributed by atoms with Crippen molar-refractivity contribution >= 4 is 34.7 Å². The van der Waals surface area contributed by atoms with E-state index in [4.69, 9.17) is 26.1 Å². The van der Waals surface area contributed by atoms with Crippen LogP contribution in [0.15, 0.2) is 59.1 Å². The predicted octanol–water partition coefficient (Wildman–Crippen LogP) is 5.47. The van der Waals surface area contributed by atoms with Crippen LogP contribution >= 0.6 is 34.7 Å². The fourth-order valence-corrected chi connectivity index (χ4v) is 4.72. The summed E-state index contributed by atoms with van der Waals surface area (Å²) in [6.45, 7) is 0.294. The Bertz CT molecular complexity index is 1150. The molecule has 0 amide bonds. The molecule has 0 aliphatic carbocycles. The molecule has 0 fully saturated rings. The number of hydrogen-bond donors (Lipinski definition) is 0. The first-order valence-electron chi connectivity index (χ1n) is 9.12. The summed E-state index contributed by atoms with van der Waals surface area (Å²) in [6, 6.07) is 15.3. The average Bonchev–Trinajstić information content (AvgIpc) is 3.38. The molecular weight excluding hydrogens is 440 g/mol. The Hall–Kier alpha value is -2.55. The number of rotatable bonds is 8. The minimum atomic E-state index is 0.294. The summed E-state index contributed by atoms with van der Waals surface area (Å²) < 4.78 is 13.1. The van der Waals surface area contributed by atoms with Crippen LogP contribution in [0.25, 0.3) is 10.6 Å². The SMILES string of the molecule is COc1ccccc1-c1nc(CSc2nnc(COc3ccccc3Cl)n2C)cs1. The van der Waals surface area contributed by atoms with Gasteiger partial charge < -0.3 is 14.0 Å². The third-order valence-corrected chi connectivity index (χ3v) is 6.65. The minimum absolute atomic E-state index is 0.294. The summed E-state index contributed by atoms with van der Waals surface area (Å²) in [5, 5.41) is 12.9. The average molecular weight is 459 g/mol. The highest BCUT2D eigenvalue weighted by atomic mass is 35.5. The predicted molar refractivity (Wildman–Crippen MR) is 120 cm³/mol. The molecule has 0 atom stereocenters. The highest BCUT2D eigenvalue weighted by Crippen LogP contribution is 2.33. The van der Waals surface area contributed by atoms with E-state index in [9.17, 15) is 0 Å². The van der Waals surface area contributed by atoms with Gasteiger partial charge in [0.25, 0.3) is 0 Å². The molecule has 9 heteroatoms. The van der Waals surface area contributed by atoms with Gasteiger partial charge in [0.15, 0.2) is 11.0 Å². The third-order valence-electron chi connectivity index (χ3n) is 4.36. The molecule has 0 aliphatic rings. The smallest absolute Gasteiger partial charge is 0.191 e. The van der Waals surface area contributed by atoms with Gasteiger partial charge in [0, 0.05) is 18.2 Å². The molecule has 2 aromatic heterocycles. The molecule has 2 heterocycles. The molecule has 6 nitrogen and oxygen atoms in total. The van der Waals surface area contributed by atoms with Crippen LogP contribution in [0.1, 0.15) is 11.5 Å². The second kappa shape index (κ2) is 9.51. The zero-order valence-corrected chi connectivity index (χ0v) is 18.8. The van der Waals surface area contributed by atoms with Gasteiger partial charge in [-0.15, -0.1) is 21.5 Å². The summed E-state index contributed by atoms with van der Waals surface area (Å²) in [5.41, 5.74) is 1.99. The Labute approximate surface area is 187 Å². The molecule has 0 saturated carbocycles. The molecule has 0 saturated heterocycles. The van der Waals surface area contributed by atoms with E-state index in [2.05, 4.69) is 15.6 Å². The molecule has 0 unspecified atom stereocenters. The van der Waals surface area contributed by atoms with Crippen LogP contribution in [-0.4, -0.2) is 26.9 Å². The Morgan fingerprint density at radius 2 is 1.83 bits per heavy atom. The highest BCUT2D eigenvalue weighted by molar-refractivity contribution is 7.98. The number of benzene rings is 2. The molecule has 4 aromatic rings. The molecular formula is C21H19ClN4O2S2. The quantitative estimate of drug-likeness (QED) is 0.326. The van der Waals surface area contributed by atoms with E-state index in [-0.39, 0.29) is 0 Å². The molecule has 0 N–H and O–H groups in total. The lowest BCUT2D eigenvalue weighted by Crippen LogP contribution is -2.04.